The van der Waals surface area contributed by atoms with Crippen LogP contribution in [0.15, 0.2) is 35.5 Å². The Labute approximate surface area is 200 Å². The number of amides is 1. The standard InChI is InChI=1S/C20H21F5N4O4S/c1-32-17-13(5-4-12(21)16(17)22)29-10-19(33-2,20(23,24)25)9-14(29)18(30)28-11-6-7-27-15(8-11)34(3,26)31/h4-8,14,26H,9-10H2,1-3H3,(H,27,28,30)/t14-,19-,34+/m0/s1/i1D3,2D3. The first-order valence-corrected chi connectivity index (χ1v) is 11.2. The highest BCUT2D eigenvalue weighted by atomic mass is 32.2. The van der Waals surface area contributed by atoms with Crippen molar-refractivity contribution in [1.29, 1.82) is 4.78 Å². The number of anilines is 2. The van der Waals surface area contributed by atoms with Crippen LogP contribution in [0.2, 0.25) is 0 Å². The van der Waals surface area contributed by atoms with Crippen LogP contribution in [-0.2, 0) is 19.3 Å². The quantitative estimate of drug-likeness (QED) is 0.572. The predicted octanol–water partition coefficient (Wildman–Crippen LogP) is 3.57. The maximum Gasteiger partial charge on any atom is 0.419 e. The largest absolute Gasteiger partial charge is 0.491 e. The molecule has 2 N–H and O–H groups in total. The van der Waals surface area contributed by atoms with E-state index in [0.29, 0.717) is 17.0 Å². The molecule has 3 rings (SSSR count). The number of hydrogen-bond donors (Lipinski definition) is 2. The van der Waals surface area contributed by atoms with Crippen LogP contribution < -0.4 is 15.0 Å². The number of methoxy groups -OCH3 is 2. The summed E-state index contributed by atoms with van der Waals surface area (Å²) in [6.45, 7) is -1.47. The number of alkyl halides is 3. The number of nitrogens with zero attached hydrogens (tertiary/aromatic N) is 2. The molecule has 0 saturated carbocycles. The van der Waals surface area contributed by atoms with Gasteiger partial charge in [0.25, 0.3) is 0 Å². The summed E-state index contributed by atoms with van der Waals surface area (Å²) in [5.74, 6) is -6.11. The van der Waals surface area contributed by atoms with Crippen molar-refractivity contribution < 1.29 is 48.7 Å². The molecule has 1 amide bonds. The molecule has 186 valence electrons. The molecule has 1 fully saturated rings. The van der Waals surface area contributed by atoms with E-state index >= 15 is 0 Å². The number of nitrogens with one attached hydrogen (secondary N) is 2. The second-order valence-electron chi connectivity index (χ2n) is 7.47. The lowest BCUT2D eigenvalue weighted by Gasteiger charge is -2.31. The van der Waals surface area contributed by atoms with E-state index in [4.69, 9.17) is 13.0 Å². The molecule has 14 heteroatoms. The van der Waals surface area contributed by atoms with Gasteiger partial charge in [-0.2, -0.15) is 17.6 Å². The Morgan fingerprint density at radius 1 is 1.35 bits per heavy atom. The first kappa shape index (κ1) is 18.3. The summed E-state index contributed by atoms with van der Waals surface area (Å²) in [5, 5.41) is 1.95. The lowest BCUT2D eigenvalue weighted by atomic mass is 9.99. The van der Waals surface area contributed by atoms with E-state index in [9.17, 15) is 31.0 Å². The van der Waals surface area contributed by atoms with Crippen LogP contribution in [0.3, 0.4) is 0 Å². The molecule has 1 aromatic heterocycles. The number of benzene rings is 1. The lowest BCUT2D eigenvalue weighted by molar-refractivity contribution is -0.261. The van der Waals surface area contributed by atoms with E-state index in [1.165, 1.54) is 0 Å². The fraction of sp³-hybridized carbons (Fsp3) is 0.400. The summed E-state index contributed by atoms with van der Waals surface area (Å²) >= 11 is 0. The first-order chi connectivity index (χ1) is 18.0. The summed E-state index contributed by atoms with van der Waals surface area (Å²) in [6.07, 6.45) is -4.72. The van der Waals surface area contributed by atoms with Gasteiger partial charge in [0.15, 0.2) is 17.2 Å². The lowest BCUT2D eigenvalue weighted by Crippen LogP contribution is -2.49. The van der Waals surface area contributed by atoms with E-state index in [1.807, 2.05) is 0 Å². The number of aromatic nitrogens is 1. The number of hydrogen-bond acceptors (Lipinski definition) is 7. The summed E-state index contributed by atoms with van der Waals surface area (Å²) in [6, 6.07) is 1.27. The van der Waals surface area contributed by atoms with Crippen LogP contribution in [0.4, 0.5) is 33.3 Å². The minimum absolute atomic E-state index is 0.165. The minimum Gasteiger partial charge on any atom is -0.491 e. The van der Waals surface area contributed by atoms with Crippen molar-refractivity contribution in [3.63, 3.8) is 0 Å². The van der Waals surface area contributed by atoms with Gasteiger partial charge in [0.2, 0.25) is 11.7 Å². The Morgan fingerprint density at radius 2 is 2.09 bits per heavy atom. The maximum absolute atomic E-state index is 14.7. The van der Waals surface area contributed by atoms with Crippen molar-refractivity contribution in [3.8, 4) is 5.75 Å². The van der Waals surface area contributed by atoms with Gasteiger partial charge < -0.3 is 19.7 Å². The number of carbonyl (C=O) groups excluding carboxylic acids is 1. The molecule has 1 aliphatic heterocycles. The van der Waals surface area contributed by atoms with Crippen molar-refractivity contribution in [3.05, 3.63) is 42.1 Å². The van der Waals surface area contributed by atoms with Crippen molar-refractivity contribution in [2.24, 2.45) is 0 Å². The van der Waals surface area contributed by atoms with Gasteiger partial charge in [-0.25, -0.2) is 18.4 Å². The molecule has 0 aliphatic carbocycles. The zero-order valence-corrected chi connectivity index (χ0v) is 18.0. The molecular weight excluding hydrogens is 487 g/mol. The van der Waals surface area contributed by atoms with Gasteiger partial charge in [-0.05, 0) is 24.3 Å². The average Bonchev–Trinajstić information content (AvgIpc) is 3.15. The monoisotopic (exact) mass is 514 g/mol. The Balaban J connectivity index is 2.17. The van der Waals surface area contributed by atoms with Gasteiger partial charge >= 0.3 is 6.18 Å². The molecule has 2 aromatic rings. The number of halogens is 5. The average molecular weight is 515 g/mol. The fourth-order valence-corrected chi connectivity index (χ4v) is 4.08. The second kappa shape index (κ2) is 8.98. The van der Waals surface area contributed by atoms with Gasteiger partial charge in [-0.1, -0.05) is 0 Å². The third-order valence-electron chi connectivity index (χ3n) is 5.18. The van der Waals surface area contributed by atoms with Crippen molar-refractivity contribution in [2.75, 3.05) is 37.1 Å². The highest BCUT2D eigenvalue weighted by Gasteiger charge is 2.63. The third kappa shape index (κ3) is 4.64. The summed E-state index contributed by atoms with van der Waals surface area (Å²) in [4.78, 5) is 17.5. The molecule has 3 atom stereocenters. The summed E-state index contributed by atoms with van der Waals surface area (Å²) in [7, 11) is -10.4. The Hall–Kier alpha value is -3.00. The van der Waals surface area contributed by atoms with E-state index in [0.717, 1.165) is 24.6 Å². The van der Waals surface area contributed by atoms with Crippen molar-refractivity contribution >= 4 is 27.0 Å². The van der Waals surface area contributed by atoms with Crippen LogP contribution >= 0.6 is 0 Å². The van der Waals surface area contributed by atoms with Crippen LogP contribution in [-0.4, -0.2) is 59.8 Å². The Morgan fingerprint density at radius 3 is 2.71 bits per heavy atom. The molecule has 1 aliphatic rings. The molecular formula is C20H21F5N4O4S. The number of carbonyl (C=O) groups is 1. The summed E-state index contributed by atoms with van der Waals surface area (Å²) in [5.41, 5.74) is -4.54. The van der Waals surface area contributed by atoms with Crippen LogP contribution in [0, 0.1) is 16.4 Å². The topological polar surface area (TPSA) is 105 Å². The molecule has 34 heavy (non-hydrogen) atoms. The molecule has 1 saturated heterocycles. The van der Waals surface area contributed by atoms with Crippen molar-refractivity contribution in [1.82, 2.24) is 4.98 Å². The highest BCUT2D eigenvalue weighted by molar-refractivity contribution is 7.91. The third-order valence-corrected chi connectivity index (χ3v) is 6.20. The van der Waals surface area contributed by atoms with Gasteiger partial charge in [0.05, 0.1) is 37.2 Å². The highest BCUT2D eigenvalue weighted by Crippen LogP contribution is 2.47. The Bertz CT molecular complexity index is 1410. The number of rotatable bonds is 6. The van der Waals surface area contributed by atoms with Gasteiger partial charge in [0, 0.05) is 31.6 Å². The molecule has 0 bridgehead atoms. The van der Waals surface area contributed by atoms with Crippen molar-refractivity contribution in [2.45, 2.75) is 29.3 Å². The normalized spacial score (nSPS) is 25.7. The number of pyridine rings is 1. The predicted molar refractivity (Wildman–Crippen MR) is 112 cm³/mol. The van der Waals surface area contributed by atoms with Gasteiger partial charge in [-0.15, -0.1) is 0 Å². The SMILES string of the molecule is [2H]C([2H])([2H])Oc1c(N2C[C@](OC([2H])([2H])[2H])(C(F)(F)F)C[C@H]2C(=O)Nc2ccnc([S@](C)(=N)=O)c2)ccc(F)c1F. The molecule has 0 radical (unpaired) electrons. The molecule has 0 spiro atoms. The van der Waals surface area contributed by atoms with E-state index in [1.54, 1.807) is 0 Å². The zero-order chi connectivity index (χ0) is 30.5. The molecule has 8 nitrogen and oxygen atoms in total. The van der Waals surface area contributed by atoms with E-state index in [2.05, 4.69) is 19.8 Å². The number of ether oxygens (including phenoxy) is 2. The van der Waals surface area contributed by atoms with Gasteiger partial charge in [0.1, 0.15) is 11.1 Å². The van der Waals surface area contributed by atoms with Gasteiger partial charge in [-0.3, -0.25) is 4.79 Å². The maximum atomic E-state index is 14.7. The smallest absolute Gasteiger partial charge is 0.419 e. The zero-order valence-electron chi connectivity index (χ0n) is 23.2. The van der Waals surface area contributed by atoms with Crippen LogP contribution in [0.5, 0.6) is 5.75 Å². The Kier molecular flexibility index (Phi) is 4.85. The van der Waals surface area contributed by atoms with Crippen LogP contribution in [0.1, 0.15) is 14.6 Å². The summed E-state index contributed by atoms with van der Waals surface area (Å²) < 4.78 is 144. The fourth-order valence-electron chi connectivity index (χ4n) is 3.47. The van der Waals surface area contributed by atoms with E-state index in [-0.39, 0.29) is 10.7 Å². The minimum atomic E-state index is -5.43. The first-order valence-electron chi connectivity index (χ1n) is 12.2. The van der Waals surface area contributed by atoms with Crippen LogP contribution in [0.25, 0.3) is 0 Å². The second-order valence-corrected chi connectivity index (χ2v) is 9.57. The molecule has 2 heterocycles. The molecule has 1 aromatic carbocycles. The van der Waals surface area contributed by atoms with E-state index < -0.39 is 83.6 Å². The molecule has 0 unspecified atom stereocenters.